The Labute approximate surface area is 153 Å². The van der Waals surface area contributed by atoms with Crippen LogP contribution in [0.25, 0.3) is 0 Å². The molecular weight excluding hydrogens is 374 g/mol. The first-order valence-electron chi connectivity index (χ1n) is 6.97. The number of hydrogen-bond acceptors (Lipinski definition) is 8. The Bertz CT molecular complexity index is 708. The molecule has 9 nitrogen and oxygen atoms in total. The van der Waals surface area contributed by atoms with Gasteiger partial charge in [-0.2, -0.15) is 0 Å². The van der Waals surface area contributed by atoms with E-state index >= 15 is 0 Å². The number of carboxylic acids is 1. The standard InChI is InChI=1S/C14H18ClN3O6S/c1-13(2,3)23-12(22)17-11-16-7(6-25-11)8(9(15)19)18-24-14(4,5)10(20)21/h6H,1-5H3,(H,20,21)(H,16,17,22)/b18-8-. The Hall–Kier alpha value is -2.20. The predicted octanol–water partition coefficient (Wildman–Crippen LogP) is 2.84. The number of halogens is 1. The van der Waals surface area contributed by atoms with Crippen LogP contribution in [-0.2, 0) is 19.2 Å². The van der Waals surface area contributed by atoms with Crippen LogP contribution in [0.1, 0.15) is 40.3 Å². The molecule has 1 aromatic rings. The smallest absolute Gasteiger partial charge is 0.413 e. The lowest BCUT2D eigenvalue weighted by Crippen LogP contribution is -2.33. The number of aliphatic carboxylic acids is 1. The molecule has 0 aliphatic carbocycles. The van der Waals surface area contributed by atoms with Gasteiger partial charge in [0.1, 0.15) is 11.3 Å². The maximum absolute atomic E-state index is 11.7. The maximum atomic E-state index is 11.7. The molecule has 0 unspecified atom stereocenters. The van der Waals surface area contributed by atoms with Gasteiger partial charge in [-0.1, -0.05) is 5.16 Å². The van der Waals surface area contributed by atoms with Crippen LogP contribution in [0.2, 0.25) is 0 Å². The number of carbonyl (C=O) groups excluding carboxylic acids is 2. The van der Waals surface area contributed by atoms with Gasteiger partial charge in [0.05, 0.1) is 0 Å². The second-order valence-corrected chi connectivity index (χ2v) is 7.49. The summed E-state index contributed by atoms with van der Waals surface area (Å²) in [5, 5.41) is 15.4. The third-order valence-electron chi connectivity index (χ3n) is 2.42. The Morgan fingerprint density at radius 2 is 1.88 bits per heavy atom. The van der Waals surface area contributed by atoms with Crippen LogP contribution in [-0.4, -0.2) is 44.3 Å². The van der Waals surface area contributed by atoms with Crippen LogP contribution in [0.15, 0.2) is 10.5 Å². The summed E-state index contributed by atoms with van der Waals surface area (Å²) >= 11 is 6.45. The average molecular weight is 392 g/mol. The van der Waals surface area contributed by atoms with Crippen LogP contribution in [0.4, 0.5) is 9.93 Å². The minimum Gasteiger partial charge on any atom is -0.478 e. The van der Waals surface area contributed by atoms with Gasteiger partial charge < -0.3 is 14.7 Å². The lowest BCUT2D eigenvalue weighted by atomic mass is 10.1. The molecule has 1 aromatic heterocycles. The fraction of sp³-hybridized carbons (Fsp3) is 0.500. The van der Waals surface area contributed by atoms with Crippen molar-refractivity contribution >= 4 is 51.1 Å². The normalized spacial score (nSPS) is 12.5. The summed E-state index contributed by atoms with van der Waals surface area (Å²) in [5.41, 5.74) is -2.70. The van der Waals surface area contributed by atoms with Crippen LogP contribution in [0, 0.1) is 0 Å². The Kier molecular flexibility index (Phi) is 6.49. The number of hydrogen-bond donors (Lipinski definition) is 2. The Balaban J connectivity index is 2.94. The molecule has 1 heterocycles. The second kappa shape index (κ2) is 7.79. The molecule has 0 saturated heterocycles. The first-order chi connectivity index (χ1) is 11.3. The largest absolute Gasteiger partial charge is 0.478 e. The van der Waals surface area contributed by atoms with Crippen molar-refractivity contribution in [3.63, 3.8) is 0 Å². The fourth-order valence-electron chi connectivity index (χ4n) is 1.21. The van der Waals surface area contributed by atoms with Gasteiger partial charge in [-0.3, -0.25) is 10.1 Å². The molecule has 11 heteroatoms. The summed E-state index contributed by atoms with van der Waals surface area (Å²) in [6.45, 7) is 7.63. The molecule has 0 saturated carbocycles. The fourth-order valence-corrected chi connectivity index (χ4v) is 2.03. The molecule has 0 radical (unpaired) electrons. The monoisotopic (exact) mass is 391 g/mol. The van der Waals surface area contributed by atoms with Gasteiger partial charge in [0, 0.05) is 5.38 Å². The maximum Gasteiger partial charge on any atom is 0.413 e. The number of nitrogens with one attached hydrogen (secondary N) is 1. The predicted molar refractivity (Wildman–Crippen MR) is 92.2 cm³/mol. The highest BCUT2D eigenvalue weighted by atomic mass is 35.5. The van der Waals surface area contributed by atoms with Gasteiger partial charge in [0.25, 0.3) is 5.24 Å². The zero-order chi connectivity index (χ0) is 19.4. The molecule has 1 amide bonds. The number of carbonyl (C=O) groups is 3. The van der Waals surface area contributed by atoms with Crippen molar-refractivity contribution in [2.45, 2.75) is 45.8 Å². The van der Waals surface area contributed by atoms with Gasteiger partial charge in [-0.25, -0.2) is 14.6 Å². The highest BCUT2D eigenvalue weighted by molar-refractivity contribution is 7.14. The van der Waals surface area contributed by atoms with Crippen LogP contribution in [0.5, 0.6) is 0 Å². The molecule has 0 atom stereocenters. The van der Waals surface area contributed by atoms with Crippen molar-refractivity contribution in [1.82, 2.24) is 4.98 Å². The van der Waals surface area contributed by atoms with E-state index in [-0.39, 0.29) is 16.5 Å². The Morgan fingerprint density at radius 1 is 1.28 bits per heavy atom. The quantitative estimate of drug-likeness (QED) is 0.433. The molecule has 0 aliphatic rings. The van der Waals surface area contributed by atoms with Gasteiger partial charge >= 0.3 is 12.1 Å². The zero-order valence-electron chi connectivity index (χ0n) is 14.2. The van der Waals surface area contributed by atoms with E-state index in [1.54, 1.807) is 20.8 Å². The number of thiazole rings is 1. The minimum atomic E-state index is -1.66. The van der Waals surface area contributed by atoms with Gasteiger partial charge in [0.15, 0.2) is 10.8 Å². The first kappa shape index (κ1) is 20.8. The highest BCUT2D eigenvalue weighted by Gasteiger charge is 2.31. The summed E-state index contributed by atoms with van der Waals surface area (Å²) in [6.07, 6.45) is -0.715. The van der Waals surface area contributed by atoms with Crippen LogP contribution >= 0.6 is 22.9 Å². The molecule has 2 N–H and O–H groups in total. The SMILES string of the molecule is CC(C)(C)OC(=O)Nc1nc(/C(=N/OC(C)(C)C(=O)O)C(=O)Cl)cs1. The summed E-state index contributed by atoms with van der Waals surface area (Å²) in [7, 11) is 0. The minimum absolute atomic E-state index is 0.0252. The summed E-state index contributed by atoms with van der Waals surface area (Å²) in [6, 6.07) is 0. The summed E-state index contributed by atoms with van der Waals surface area (Å²) in [4.78, 5) is 43.0. The number of rotatable bonds is 6. The topological polar surface area (TPSA) is 127 Å². The first-order valence-corrected chi connectivity index (χ1v) is 8.23. The van der Waals surface area contributed by atoms with Crippen molar-refractivity contribution in [1.29, 1.82) is 0 Å². The molecule has 138 valence electrons. The van der Waals surface area contributed by atoms with Crippen molar-refractivity contribution < 1.29 is 29.1 Å². The molecule has 0 spiro atoms. The van der Waals surface area contributed by atoms with E-state index < -0.39 is 28.5 Å². The number of carboxylic acid groups (broad SMARTS) is 1. The van der Waals surface area contributed by atoms with Crippen molar-refractivity contribution in [3.05, 3.63) is 11.1 Å². The van der Waals surface area contributed by atoms with E-state index in [1.165, 1.54) is 19.2 Å². The van der Waals surface area contributed by atoms with Crippen LogP contribution in [0.3, 0.4) is 0 Å². The average Bonchev–Trinajstić information content (AvgIpc) is 2.83. The third-order valence-corrected chi connectivity index (χ3v) is 3.36. The third kappa shape index (κ3) is 6.67. The van der Waals surface area contributed by atoms with E-state index in [9.17, 15) is 14.4 Å². The number of aromatic nitrogens is 1. The molecule has 25 heavy (non-hydrogen) atoms. The summed E-state index contributed by atoms with van der Waals surface area (Å²) in [5.74, 6) is -1.27. The van der Waals surface area contributed by atoms with E-state index in [2.05, 4.69) is 15.5 Å². The van der Waals surface area contributed by atoms with Gasteiger partial charge in [-0.05, 0) is 46.2 Å². The van der Waals surface area contributed by atoms with E-state index in [4.69, 9.17) is 26.3 Å². The number of oxime groups is 1. The Morgan fingerprint density at radius 3 is 2.36 bits per heavy atom. The number of amides is 1. The second-order valence-electron chi connectivity index (χ2n) is 6.29. The molecule has 0 aromatic carbocycles. The molecule has 1 rings (SSSR count). The van der Waals surface area contributed by atoms with Crippen molar-refractivity contribution in [2.75, 3.05) is 5.32 Å². The lowest BCUT2D eigenvalue weighted by Gasteiger charge is -2.18. The molecule has 0 fully saturated rings. The molecule has 0 bridgehead atoms. The highest BCUT2D eigenvalue weighted by Crippen LogP contribution is 2.19. The van der Waals surface area contributed by atoms with Gasteiger partial charge in [-0.15, -0.1) is 11.3 Å². The molecule has 0 aliphatic heterocycles. The van der Waals surface area contributed by atoms with Crippen molar-refractivity contribution in [2.24, 2.45) is 5.16 Å². The van der Waals surface area contributed by atoms with Gasteiger partial charge in [0.2, 0.25) is 5.60 Å². The van der Waals surface area contributed by atoms with E-state index in [0.717, 1.165) is 11.3 Å². The van der Waals surface area contributed by atoms with Crippen LogP contribution < -0.4 is 5.32 Å². The molecular formula is C14H18ClN3O6S. The van der Waals surface area contributed by atoms with Crippen molar-refractivity contribution in [3.8, 4) is 0 Å². The lowest BCUT2D eigenvalue weighted by molar-refractivity contribution is -0.161. The van der Waals surface area contributed by atoms with E-state index in [0.29, 0.717) is 0 Å². The van der Waals surface area contributed by atoms with E-state index in [1.807, 2.05) is 0 Å². The summed E-state index contributed by atoms with van der Waals surface area (Å²) < 4.78 is 5.08. The zero-order valence-corrected chi connectivity index (χ0v) is 15.8. The number of nitrogens with zero attached hydrogens (tertiary/aromatic N) is 2. The number of anilines is 1. The number of ether oxygens (including phenoxy) is 1.